The van der Waals surface area contributed by atoms with Gasteiger partial charge in [0.1, 0.15) is 17.3 Å². The molecule has 0 saturated heterocycles. The molecular weight excluding hydrogens is 366 g/mol. The van der Waals surface area contributed by atoms with Crippen LogP contribution in [0.25, 0.3) is 16.9 Å². The number of nitrogens with one attached hydrogen (secondary N) is 1. The normalized spacial score (nSPS) is 12.0. The summed E-state index contributed by atoms with van der Waals surface area (Å²) in [4.78, 5) is 11.8. The average Bonchev–Trinajstić information content (AvgIpc) is 2.67. The van der Waals surface area contributed by atoms with Crippen LogP contribution in [0.15, 0.2) is 30.8 Å². The van der Waals surface area contributed by atoms with Crippen LogP contribution in [0.1, 0.15) is 55.4 Å². The predicted molar refractivity (Wildman–Crippen MR) is 115 cm³/mol. The molecule has 0 saturated carbocycles. The van der Waals surface area contributed by atoms with Gasteiger partial charge in [0.15, 0.2) is 0 Å². The number of aryl methyl sites for hydroxylation is 2. The van der Waals surface area contributed by atoms with Crippen LogP contribution in [0.2, 0.25) is 0 Å². The highest BCUT2D eigenvalue weighted by molar-refractivity contribution is 5.90. The summed E-state index contributed by atoms with van der Waals surface area (Å²) in [5.41, 5.74) is 5.16. The van der Waals surface area contributed by atoms with Crippen molar-refractivity contribution in [3.05, 3.63) is 53.1 Å². The lowest BCUT2D eigenvalue weighted by Crippen LogP contribution is -2.24. The summed E-state index contributed by atoms with van der Waals surface area (Å²) in [5, 5.41) is 14.0. The van der Waals surface area contributed by atoms with Gasteiger partial charge in [-0.15, -0.1) is 0 Å². The van der Waals surface area contributed by atoms with E-state index >= 15 is 0 Å². The van der Waals surface area contributed by atoms with Crippen LogP contribution >= 0.6 is 0 Å². The SMILES string of the molecule is C=C1Oc2cc(CCCCC)c(CNC(=O)OCC)c(O)c2-c2cc(C)ccc21. The topological polar surface area (TPSA) is 67.8 Å². The minimum atomic E-state index is -0.495. The summed E-state index contributed by atoms with van der Waals surface area (Å²) >= 11 is 0. The van der Waals surface area contributed by atoms with Gasteiger partial charge in [-0.1, -0.05) is 50.1 Å². The molecule has 0 spiro atoms. The number of hydrogen-bond acceptors (Lipinski definition) is 4. The Morgan fingerprint density at radius 3 is 2.72 bits per heavy atom. The molecule has 0 unspecified atom stereocenters. The van der Waals surface area contributed by atoms with Gasteiger partial charge in [0.2, 0.25) is 0 Å². The van der Waals surface area contributed by atoms with Gasteiger partial charge in [0.25, 0.3) is 0 Å². The first-order valence-corrected chi connectivity index (χ1v) is 10.2. The van der Waals surface area contributed by atoms with Crippen molar-refractivity contribution in [3.63, 3.8) is 0 Å². The number of fused-ring (bicyclic) bond motifs is 3. The molecule has 3 rings (SSSR count). The molecule has 0 radical (unpaired) electrons. The number of amides is 1. The Bertz CT molecular complexity index is 933. The van der Waals surface area contributed by atoms with E-state index < -0.39 is 6.09 Å². The van der Waals surface area contributed by atoms with E-state index in [9.17, 15) is 9.90 Å². The van der Waals surface area contributed by atoms with Gasteiger partial charge in [0.05, 0.1) is 18.7 Å². The van der Waals surface area contributed by atoms with Crippen molar-refractivity contribution in [3.8, 4) is 22.6 Å². The molecule has 154 valence electrons. The van der Waals surface area contributed by atoms with Gasteiger partial charge in [-0.3, -0.25) is 0 Å². The first kappa shape index (κ1) is 20.8. The molecule has 2 N–H and O–H groups in total. The zero-order chi connectivity index (χ0) is 21.0. The lowest BCUT2D eigenvalue weighted by molar-refractivity contribution is 0.151. The second-order valence-corrected chi connectivity index (χ2v) is 7.34. The largest absolute Gasteiger partial charge is 0.507 e. The van der Waals surface area contributed by atoms with Crippen molar-refractivity contribution in [2.75, 3.05) is 6.61 Å². The van der Waals surface area contributed by atoms with Crippen LogP contribution in [-0.4, -0.2) is 17.8 Å². The number of hydrogen-bond donors (Lipinski definition) is 2. The van der Waals surface area contributed by atoms with E-state index in [4.69, 9.17) is 9.47 Å². The molecule has 2 aromatic carbocycles. The molecule has 2 aromatic rings. The highest BCUT2D eigenvalue weighted by Crippen LogP contribution is 2.49. The molecule has 0 bridgehead atoms. The molecule has 1 heterocycles. The number of benzene rings is 2. The summed E-state index contributed by atoms with van der Waals surface area (Å²) in [6.07, 6.45) is 3.50. The third kappa shape index (κ3) is 4.39. The average molecular weight is 395 g/mol. The Hall–Kier alpha value is -2.95. The summed E-state index contributed by atoms with van der Waals surface area (Å²) < 4.78 is 11.0. The maximum absolute atomic E-state index is 11.8. The van der Waals surface area contributed by atoms with E-state index in [2.05, 4.69) is 18.8 Å². The van der Waals surface area contributed by atoms with E-state index in [0.29, 0.717) is 29.2 Å². The van der Waals surface area contributed by atoms with E-state index in [-0.39, 0.29) is 12.3 Å². The van der Waals surface area contributed by atoms with Gasteiger partial charge in [-0.05, 0) is 38.3 Å². The van der Waals surface area contributed by atoms with Crippen molar-refractivity contribution in [1.29, 1.82) is 0 Å². The number of aromatic hydroxyl groups is 1. The van der Waals surface area contributed by atoms with Crippen LogP contribution in [0.5, 0.6) is 11.5 Å². The number of alkyl carbamates (subject to hydrolysis) is 1. The van der Waals surface area contributed by atoms with Gasteiger partial charge in [0, 0.05) is 16.7 Å². The molecule has 29 heavy (non-hydrogen) atoms. The fourth-order valence-corrected chi connectivity index (χ4v) is 3.70. The summed E-state index contributed by atoms with van der Waals surface area (Å²) in [7, 11) is 0. The molecule has 1 aliphatic heterocycles. The van der Waals surface area contributed by atoms with Crippen molar-refractivity contribution in [2.45, 2.75) is 53.0 Å². The summed E-state index contributed by atoms with van der Waals surface area (Å²) in [6, 6.07) is 7.96. The first-order valence-electron chi connectivity index (χ1n) is 10.2. The molecule has 5 heteroatoms. The lowest BCUT2D eigenvalue weighted by atomic mass is 9.88. The standard InChI is InChI=1S/C24H29NO4/c1-5-7-8-9-17-13-21-22(23(26)20(17)14-25-24(27)28-6-2)19-12-15(3)10-11-18(19)16(4)29-21/h10-13,26H,4-9,14H2,1-3H3,(H,25,27). The molecule has 0 aliphatic carbocycles. The number of rotatable bonds is 7. The van der Waals surface area contributed by atoms with E-state index in [0.717, 1.165) is 47.9 Å². The van der Waals surface area contributed by atoms with Gasteiger partial charge in [-0.2, -0.15) is 0 Å². The Labute approximate surface area is 172 Å². The van der Waals surface area contributed by atoms with E-state index in [1.54, 1.807) is 6.92 Å². The third-order valence-corrected chi connectivity index (χ3v) is 5.17. The number of carbonyl (C=O) groups excluding carboxylic acids is 1. The Balaban J connectivity index is 2.07. The smallest absolute Gasteiger partial charge is 0.407 e. The van der Waals surface area contributed by atoms with Crippen LogP contribution < -0.4 is 10.1 Å². The van der Waals surface area contributed by atoms with Crippen molar-refractivity contribution >= 4 is 11.9 Å². The Kier molecular flexibility index (Phi) is 6.47. The minimum absolute atomic E-state index is 0.144. The summed E-state index contributed by atoms with van der Waals surface area (Å²) in [5.74, 6) is 1.32. The maximum Gasteiger partial charge on any atom is 0.407 e. The molecule has 1 amide bonds. The van der Waals surface area contributed by atoms with Gasteiger partial charge in [-0.25, -0.2) is 4.79 Å². The Morgan fingerprint density at radius 2 is 2.00 bits per heavy atom. The summed E-state index contributed by atoms with van der Waals surface area (Å²) in [6.45, 7) is 10.5. The number of carbonyl (C=O) groups is 1. The van der Waals surface area contributed by atoms with Crippen molar-refractivity contribution < 1.29 is 19.4 Å². The molecule has 5 nitrogen and oxygen atoms in total. The number of phenols is 1. The number of phenolic OH excluding ortho intramolecular Hbond substituents is 1. The molecule has 0 aromatic heterocycles. The zero-order valence-corrected chi connectivity index (χ0v) is 17.4. The van der Waals surface area contributed by atoms with Crippen LogP contribution in [-0.2, 0) is 17.7 Å². The predicted octanol–water partition coefficient (Wildman–Crippen LogP) is 5.71. The van der Waals surface area contributed by atoms with Gasteiger partial charge >= 0.3 is 6.09 Å². The first-order chi connectivity index (χ1) is 14.0. The highest BCUT2D eigenvalue weighted by atomic mass is 16.5. The van der Waals surface area contributed by atoms with Gasteiger partial charge < -0.3 is 19.9 Å². The molecular formula is C24H29NO4. The maximum atomic E-state index is 11.8. The monoisotopic (exact) mass is 395 g/mol. The van der Waals surface area contributed by atoms with E-state index in [1.165, 1.54) is 0 Å². The fourth-order valence-electron chi connectivity index (χ4n) is 3.70. The third-order valence-electron chi connectivity index (χ3n) is 5.17. The van der Waals surface area contributed by atoms with Crippen LogP contribution in [0, 0.1) is 6.92 Å². The molecule has 0 fully saturated rings. The molecule has 1 aliphatic rings. The second-order valence-electron chi connectivity index (χ2n) is 7.34. The Morgan fingerprint density at radius 1 is 1.21 bits per heavy atom. The van der Waals surface area contributed by atoms with Crippen molar-refractivity contribution in [2.24, 2.45) is 0 Å². The number of ether oxygens (including phenoxy) is 2. The fraction of sp³-hybridized carbons (Fsp3) is 0.375. The number of unbranched alkanes of at least 4 members (excludes halogenated alkanes) is 2. The lowest BCUT2D eigenvalue weighted by Gasteiger charge is -2.26. The second kappa shape index (κ2) is 9.03. The quantitative estimate of drug-likeness (QED) is 0.589. The van der Waals surface area contributed by atoms with Crippen molar-refractivity contribution in [1.82, 2.24) is 5.32 Å². The minimum Gasteiger partial charge on any atom is -0.507 e. The van der Waals surface area contributed by atoms with Crippen LogP contribution in [0.4, 0.5) is 4.79 Å². The van der Waals surface area contributed by atoms with E-state index in [1.807, 2.05) is 31.2 Å². The molecule has 0 atom stereocenters. The highest BCUT2D eigenvalue weighted by Gasteiger charge is 2.27. The zero-order valence-electron chi connectivity index (χ0n) is 17.4. The van der Waals surface area contributed by atoms with Crippen LogP contribution in [0.3, 0.4) is 0 Å².